The van der Waals surface area contributed by atoms with Gasteiger partial charge in [0.25, 0.3) is 0 Å². The highest BCUT2D eigenvalue weighted by Gasteiger charge is 2.18. The van der Waals surface area contributed by atoms with E-state index in [1.807, 2.05) is 0 Å². The van der Waals surface area contributed by atoms with Crippen LogP contribution in [0.1, 0.15) is 18.4 Å². The molecule has 1 aromatic rings. The van der Waals surface area contributed by atoms with Crippen molar-refractivity contribution in [3.05, 3.63) is 34.9 Å². The van der Waals surface area contributed by atoms with Crippen LogP contribution in [-0.2, 0) is 19.1 Å². The first-order valence-corrected chi connectivity index (χ1v) is 6.38. The van der Waals surface area contributed by atoms with Crippen LogP contribution in [0.25, 0.3) is 0 Å². The van der Waals surface area contributed by atoms with E-state index >= 15 is 0 Å². The summed E-state index contributed by atoms with van der Waals surface area (Å²) < 4.78 is 9.19. The van der Waals surface area contributed by atoms with Crippen LogP contribution >= 0.6 is 11.6 Å². The predicted molar refractivity (Wildman–Crippen MR) is 76.1 cm³/mol. The molecular weight excluding hydrogens is 282 g/mol. The van der Waals surface area contributed by atoms with Gasteiger partial charge in [0.05, 0.1) is 14.2 Å². The highest BCUT2D eigenvalue weighted by molar-refractivity contribution is 6.30. The molecule has 1 atom stereocenters. The highest BCUT2D eigenvalue weighted by Crippen LogP contribution is 2.10. The number of hydrogen-bond donors (Lipinski definition) is 0. The van der Waals surface area contributed by atoms with Crippen molar-refractivity contribution in [2.24, 2.45) is 4.99 Å². The SMILES string of the molecule is COC(=O)CCC(N=Cc1ccc(Cl)cc1)C(=O)OC. The fourth-order valence-corrected chi connectivity index (χ4v) is 1.60. The van der Waals surface area contributed by atoms with Gasteiger partial charge in [-0.3, -0.25) is 9.79 Å². The fraction of sp³-hybridized carbons (Fsp3) is 0.357. The molecule has 0 heterocycles. The van der Waals surface area contributed by atoms with Gasteiger partial charge in [0.1, 0.15) is 6.04 Å². The third-order valence-electron chi connectivity index (χ3n) is 2.60. The number of nitrogens with zero attached hydrogens (tertiary/aromatic N) is 1. The van der Waals surface area contributed by atoms with Gasteiger partial charge in [-0.05, 0) is 24.1 Å². The zero-order valence-corrected chi connectivity index (χ0v) is 12.1. The largest absolute Gasteiger partial charge is 0.469 e. The number of benzene rings is 1. The Balaban J connectivity index is 2.70. The quantitative estimate of drug-likeness (QED) is 0.597. The van der Waals surface area contributed by atoms with E-state index in [1.165, 1.54) is 14.2 Å². The summed E-state index contributed by atoms with van der Waals surface area (Å²) in [4.78, 5) is 26.8. The Morgan fingerprint density at radius 3 is 2.45 bits per heavy atom. The van der Waals surface area contributed by atoms with E-state index in [1.54, 1.807) is 30.5 Å². The summed E-state index contributed by atoms with van der Waals surface area (Å²) in [6, 6.07) is 6.28. The van der Waals surface area contributed by atoms with Crippen LogP contribution in [0, 0.1) is 0 Å². The molecule has 6 heteroatoms. The lowest BCUT2D eigenvalue weighted by Crippen LogP contribution is -2.21. The summed E-state index contributed by atoms with van der Waals surface area (Å²) in [6.07, 6.45) is 1.90. The normalized spacial score (nSPS) is 12.2. The van der Waals surface area contributed by atoms with Crippen molar-refractivity contribution in [1.82, 2.24) is 0 Å². The Labute approximate surface area is 122 Å². The third-order valence-corrected chi connectivity index (χ3v) is 2.85. The number of ether oxygens (including phenoxy) is 2. The van der Waals surface area contributed by atoms with Gasteiger partial charge < -0.3 is 9.47 Å². The Kier molecular flexibility index (Phi) is 6.73. The topological polar surface area (TPSA) is 65.0 Å². The van der Waals surface area contributed by atoms with Gasteiger partial charge in [0.2, 0.25) is 0 Å². The number of aliphatic imine (C=N–C) groups is 1. The van der Waals surface area contributed by atoms with Crippen molar-refractivity contribution < 1.29 is 19.1 Å². The molecule has 0 aliphatic heterocycles. The second-order valence-corrected chi connectivity index (χ2v) is 4.42. The van der Waals surface area contributed by atoms with Gasteiger partial charge >= 0.3 is 11.9 Å². The van der Waals surface area contributed by atoms with Crippen LogP contribution in [0.4, 0.5) is 0 Å². The van der Waals surface area contributed by atoms with Crippen LogP contribution in [0.5, 0.6) is 0 Å². The van der Waals surface area contributed by atoms with Crippen LogP contribution < -0.4 is 0 Å². The number of carbonyl (C=O) groups is 2. The second-order valence-electron chi connectivity index (χ2n) is 3.98. The van der Waals surface area contributed by atoms with Crippen molar-refractivity contribution in [2.45, 2.75) is 18.9 Å². The van der Waals surface area contributed by atoms with Crippen molar-refractivity contribution in [3.8, 4) is 0 Å². The van der Waals surface area contributed by atoms with Crippen LogP contribution in [0.3, 0.4) is 0 Å². The molecule has 1 aromatic carbocycles. The van der Waals surface area contributed by atoms with Crippen molar-refractivity contribution in [3.63, 3.8) is 0 Å². The zero-order chi connectivity index (χ0) is 15.0. The molecule has 0 spiro atoms. The monoisotopic (exact) mass is 297 g/mol. The molecule has 0 N–H and O–H groups in total. The Morgan fingerprint density at radius 1 is 1.25 bits per heavy atom. The summed E-state index contributed by atoms with van der Waals surface area (Å²) in [5.74, 6) is -0.875. The molecule has 1 unspecified atom stereocenters. The van der Waals surface area contributed by atoms with Crippen LogP contribution in [-0.4, -0.2) is 38.4 Å². The molecule has 20 heavy (non-hydrogen) atoms. The zero-order valence-electron chi connectivity index (χ0n) is 11.3. The van der Waals surface area contributed by atoms with Crippen LogP contribution in [0.2, 0.25) is 5.02 Å². The lowest BCUT2D eigenvalue weighted by molar-refractivity contribution is -0.143. The van der Waals surface area contributed by atoms with E-state index < -0.39 is 12.0 Å². The van der Waals surface area contributed by atoms with Crippen LogP contribution in [0.15, 0.2) is 29.3 Å². The van der Waals surface area contributed by atoms with Gasteiger partial charge in [-0.1, -0.05) is 23.7 Å². The third kappa shape index (κ3) is 5.40. The minimum atomic E-state index is -0.727. The molecule has 0 aliphatic carbocycles. The summed E-state index contributed by atoms with van der Waals surface area (Å²) in [7, 11) is 2.58. The summed E-state index contributed by atoms with van der Waals surface area (Å²) in [5.41, 5.74) is 0.807. The molecule has 0 saturated carbocycles. The molecule has 0 radical (unpaired) electrons. The molecule has 0 fully saturated rings. The minimum Gasteiger partial charge on any atom is -0.469 e. The first-order valence-electron chi connectivity index (χ1n) is 6.00. The number of halogens is 1. The Morgan fingerprint density at radius 2 is 1.90 bits per heavy atom. The summed E-state index contributed by atoms with van der Waals surface area (Å²) >= 11 is 5.78. The molecule has 0 amide bonds. The smallest absolute Gasteiger partial charge is 0.330 e. The Hall–Kier alpha value is -1.88. The van der Waals surface area contributed by atoms with E-state index in [4.69, 9.17) is 11.6 Å². The number of carbonyl (C=O) groups excluding carboxylic acids is 2. The van der Waals surface area contributed by atoms with E-state index in [0.717, 1.165) is 5.56 Å². The number of methoxy groups -OCH3 is 2. The van der Waals surface area contributed by atoms with E-state index in [9.17, 15) is 9.59 Å². The predicted octanol–water partition coefficient (Wildman–Crippen LogP) is 2.25. The van der Waals surface area contributed by atoms with E-state index in [0.29, 0.717) is 5.02 Å². The van der Waals surface area contributed by atoms with Crippen molar-refractivity contribution >= 4 is 29.8 Å². The first-order chi connectivity index (χ1) is 9.56. The molecule has 0 aromatic heterocycles. The molecule has 5 nitrogen and oxygen atoms in total. The number of hydrogen-bond acceptors (Lipinski definition) is 5. The lowest BCUT2D eigenvalue weighted by Gasteiger charge is -2.09. The fourth-order valence-electron chi connectivity index (χ4n) is 1.47. The van der Waals surface area contributed by atoms with Crippen molar-refractivity contribution in [2.75, 3.05) is 14.2 Å². The molecule has 108 valence electrons. The highest BCUT2D eigenvalue weighted by atomic mass is 35.5. The standard InChI is InChI=1S/C14H16ClNO4/c1-19-13(17)8-7-12(14(18)20-2)16-9-10-3-5-11(15)6-4-10/h3-6,9,12H,7-8H2,1-2H3. The second kappa shape index (κ2) is 8.32. The molecule has 1 rings (SSSR count). The van der Waals surface area contributed by atoms with E-state index in [2.05, 4.69) is 14.5 Å². The average Bonchev–Trinajstić information content (AvgIpc) is 2.47. The average molecular weight is 298 g/mol. The summed E-state index contributed by atoms with van der Waals surface area (Å²) in [6.45, 7) is 0. The number of rotatable bonds is 6. The molecule has 0 aliphatic rings. The minimum absolute atomic E-state index is 0.105. The van der Waals surface area contributed by atoms with Crippen molar-refractivity contribution in [1.29, 1.82) is 0 Å². The van der Waals surface area contributed by atoms with Gasteiger partial charge in [-0.25, -0.2) is 4.79 Å². The van der Waals surface area contributed by atoms with Gasteiger partial charge in [0, 0.05) is 17.7 Å². The lowest BCUT2D eigenvalue weighted by atomic mass is 10.1. The maximum Gasteiger partial charge on any atom is 0.330 e. The summed E-state index contributed by atoms with van der Waals surface area (Å²) in [5, 5.41) is 0.623. The first kappa shape index (κ1) is 16.2. The van der Waals surface area contributed by atoms with E-state index in [-0.39, 0.29) is 18.8 Å². The molecule has 0 bridgehead atoms. The maximum absolute atomic E-state index is 11.6. The molecular formula is C14H16ClNO4. The molecule has 0 saturated heterocycles. The maximum atomic E-state index is 11.6. The Bertz CT molecular complexity index is 484. The van der Waals surface area contributed by atoms with Gasteiger partial charge in [-0.2, -0.15) is 0 Å². The van der Waals surface area contributed by atoms with Gasteiger partial charge in [-0.15, -0.1) is 0 Å². The van der Waals surface area contributed by atoms with Gasteiger partial charge in [0.15, 0.2) is 0 Å². The number of esters is 2.